The maximum Gasteiger partial charge on any atom is 0.276 e. The third-order valence-electron chi connectivity index (χ3n) is 4.99. The maximum absolute atomic E-state index is 12.4. The van der Waals surface area contributed by atoms with Crippen molar-refractivity contribution in [2.75, 3.05) is 26.3 Å². The van der Waals surface area contributed by atoms with Crippen molar-refractivity contribution in [1.29, 1.82) is 0 Å². The summed E-state index contributed by atoms with van der Waals surface area (Å²) in [5, 5.41) is 3.80. The number of nitrogens with zero attached hydrogens (tertiary/aromatic N) is 3. The minimum Gasteiger partial charge on any atom is -0.376 e. The molecule has 2 saturated heterocycles. The molecule has 4 rings (SSSR count). The van der Waals surface area contributed by atoms with E-state index in [1.54, 1.807) is 30.3 Å². The fraction of sp³-hybridized carbons (Fsp3) is 0.500. The molecule has 0 saturated carbocycles. The van der Waals surface area contributed by atoms with Crippen molar-refractivity contribution in [3.8, 4) is 0 Å². The first-order valence-electron chi connectivity index (χ1n) is 8.49. The van der Waals surface area contributed by atoms with Crippen molar-refractivity contribution in [3.63, 3.8) is 0 Å². The fourth-order valence-corrected chi connectivity index (χ4v) is 3.54. The summed E-state index contributed by atoms with van der Waals surface area (Å²) in [7, 11) is 0. The Kier molecular flexibility index (Phi) is 4.27. The highest BCUT2D eigenvalue weighted by molar-refractivity contribution is 5.93. The highest BCUT2D eigenvalue weighted by atomic mass is 16.5. The van der Waals surface area contributed by atoms with Crippen LogP contribution < -0.4 is 0 Å². The summed E-state index contributed by atoms with van der Waals surface area (Å²) in [6, 6.07) is 5.56. The molecular weight excluding hydrogens is 322 g/mol. The molecule has 2 aromatic heterocycles. The van der Waals surface area contributed by atoms with Crippen LogP contribution in [0.2, 0.25) is 0 Å². The molecule has 2 fully saturated rings. The predicted molar refractivity (Wildman–Crippen MR) is 87.8 cm³/mol. The van der Waals surface area contributed by atoms with Crippen LogP contribution in [0.15, 0.2) is 35.1 Å². The monoisotopic (exact) mass is 343 g/mol. The Morgan fingerprint density at radius 1 is 1.40 bits per heavy atom. The van der Waals surface area contributed by atoms with Gasteiger partial charge in [0.05, 0.1) is 26.3 Å². The third-order valence-corrected chi connectivity index (χ3v) is 4.99. The van der Waals surface area contributed by atoms with E-state index >= 15 is 0 Å². The van der Waals surface area contributed by atoms with Crippen molar-refractivity contribution < 1.29 is 18.8 Å². The van der Waals surface area contributed by atoms with Crippen LogP contribution in [0.4, 0.5) is 0 Å². The molecule has 7 heteroatoms. The number of carbonyl (C=O) groups excluding carboxylic acids is 1. The molecule has 0 aromatic carbocycles. The molecular formula is C18H21N3O4. The summed E-state index contributed by atoms with van der Waals surface area (Å²) in [6.07, 6.45) is 4.49. The van der Waals surface area contributed by atoms with Gasteiger partial charge < -0.3 is 18.9 Å². The molecule has 25 heavy (non-hydrogen) atoms. The van der Waals surface area contributed by atoms with Crippen molar-refractivity contribution in [2.45, 2.75) is 25.6 Å². The van der Waals surface area contributed by atoms with Gasteiger partial charge in [-0.2, -0.15) is 0 Å². The quantitative estimate of drug-likeness (QED) is 0.824. The van der Waals surface area contributed by atoms with Gasteiger partial charge in [-0.15, -0.1) is 0 Å². The lowest BCUT2D eigenvalue weighted by molar-refractivity contribution is -0.129. The number of hydrogen-bond acceptors (Lipinski definition) is 6. The number of rotatable bonds is 5. The number of hydrogen-bond donors (Lipinski definition) is 0. The number of pyridine rings is 1. The molecule has 7 nitrogen and oxygen atoms in total. The number of amides is 1. The zero-order valence-corrected chi connectivity index (χ0v) is 14.2. The van der Waals surface area contributed by atoms with E-state index < -0.39 is 0 Å². The van der Waals surface area contributed by atoms with Gasteiger partial charge in [0.25, 0.3) is 5.91 Å². The summed E-state index contributed by atoms with van der Waals surface area (Å²) in [4.78, 5) is 18.2. The first-order valence-corrected chi connectivity index (χ1v) is 8.49. The second kappa shape index (κ2) is 6.57. The van der Waals surface area contributed by atoms with E-state index in [1.165, 1.54) is 0 Å². The third kappa shape index (κ3) is 3.17. The van der Waals surface area contributed by atoms with Gasteiger partial charge in [0, 0.05) is 31.0 Å². The maximum atomic E-state index is 12.4. The largest absolute Gasteiger partial charge is 0.376 e. The van der Waals surface area contributed by atoms with Crippen molar-refractivity contribution in [2.24, 2.45) is 5.92 Å². The van der Waals surface area contributed by atoms with Crippen LogP contribution in [-0.4, -0.2) is 52.9 Å². The minimum absolute atomic E-state index is 0.102. The van der Waals surface area contributed by atoms with Crippen LogP contribution in [0.3, 0.4) is 0 Å². The van der Waals surface area contributed by atoms with Crippen LogP contribution in [0, 0.1) is 12.8 Å². The molecule has 4 heterocycles. The van der Waals surface area contributed by atoms with Gasteiger partial charge in [-0.25, -0.2) is 0 Å². The molecule has 0 radical (unpaired) electrons. The van der Waals surface area contributed by atoms with E-state index in [0.717, 1.165) is 12.0 Å². The van der Waals surface area contributed by atoms with E-state index in [-0.39, 0.29) is 11.5 Å². The topological polar surface area (TPSA) is 77.7 Å². The van der Waals surface area contributed by atoms with Gasteiger partial charge in [-0.05, 0) is 31.0 Å². The summed E-state index contributed by atoms with van der Waals surface area (Å²) in [5.41, 5.74) is 1.19. The van der Waals surface area contributed by atoms with E-state index in [0.29, 0.717) is 50.3 Å². The summed E-state index contributed by atoms with van der Waals surface area (Å²) >= 11 is 0. The number of carbonyl (C=O) groups is 1. The molecule has 2 aliphatic rings. The molecule has 1 atom stereocenters. The van der Waals surface area contributed by atoms with Gasteiger partial charge >= 0.3 is 0 Å². The minimum atomic E-state index is -0.271. The molecule has 1 amide bonds. The van der Waals surface area contributed by atoms with Crippen molar-refractivity contribution in [3.05, 3.63) is 47.6 Å². The smallest absolute Gasteiger partial charge is 0.276 e. The Labute approximate surface area is 145 Å². The van der Waals surface area contributed by atoms with Crippen molar-refractivity contribution >= 4 is 5.91 Å². The molecule has 0 aliphatic carbocycles. The molecule has 2 aliphatic heterocycles. The lowest BCUT2D eigenvalue weighted by Crippen LogP contribution is -2.66. The standard InChI is InChI=1S/C18H21N3O4/c1-13-8-16(20-25-13)17(22)21-11-18(12-21)15(4-7-24-18)10-23-9-14-2-5-19-6-3-14/h2-3,5-6,8,15H,4,7,9-12H2,1H3/t15-/m1/s1. The van der Waals surface area contributed by atoms with E-state index in [4.69, 9.17) is 14.0 Å². The van der Waals surface area contributed by atoms with Crippen LogP contribution in [0.25, 0.3) is 0 Å². The Bertz CT molecular complexity index is 740. The number of ether oxygens (including phenoxy) is 2. The summed E-state index contributed by atoms with van der Waals surface area (Å²) in [6.45, 7) is 4.86. The SMILES string of the molecule is Cc1cc(C(=O)N2CC3(C2)OCC[C@@H]3COCc2ccncc2)no1. The normalized spacial score (nSPS) is 21.5. The second-order valence-corrected chi connectivity index (χ2v) is 6.75. The molecule has 0 bridgehead atoms. The lowest BCUT2D eigenvalue weighted by Gasteiger charge is -2.49. The summed E-state index contributed by atoms with van der Waals surface area (Å²) in [5.74, 6) is 0.838. The van der Waals surface area contributed by atoms with Gasteiger partial charge in [0.15, 0.2) is 5.69 Å². The number of aromatic nitrogens is 2. The Morgan fingerprint density at radius 3 is 2.92 bits per heavy atom. The number of aryl methyl sites for hydroxylation is 1. The van der Waals surface area contributed by atoms with Gasteiger partial charge in [-0.1, -0.05) is 5.16 Å². The first-order chi connectivity index (χ1) is 12.2. The highest BCUT2D eigenvalue weighted by Gasteiger charge is 2.54. The van der Waals surface area contributed by atoms with Gasteiger partial charge in [-0.3, -0.25) is 9.78 Å². The van der Waals surface area contributed by atoms with Crippen molar-refractivity contribution in [1.82, 2.24) is 15.0 Å². The number of likely N-dealkylation sites (tertiary alicyclic amines) is 1. The Morgan fingerprint density at radius 2 is 2.20 bits per heavy atom. The Balaban J connectivity index is 1.31. The van der Waals surface area contributed by atoms with Crippen LogP contribution >= 0.6 is 0 Å². The molecule has 0 N–H and O–H groups in total. The fourth-order valence-electron chi connectivity index (χ4n) is 3.54. The zero-order chi connectivity index (χ0) is 17.3. The van der Waals surface area contributed by atoms with E-state index in [9.17, 15) is 4.79 Å². The first kappa shape index (κ1) is 16.2. The summed E-state index contributed by atoms with van der Waals surface area (Å²) < 4.78 is 16.8. The van der Waals surface area contributed by atoms with Crippen LogP contribution in [0.5, 0.6) is 0 Å². The molecule has 0 unspecified atom stereocenters. The second-order valence-electron chi connectivity index (χ2n) is 6.75. The van der Waals surface area contributed by atoms with E-state index in [1.807, 2.05) is 12.1 Å². The van der Waals surface area contributed by atoms with E-state index in [2.05, 4.69) is 10.1 Å². The highest BCUT2D eigenvalue weighted by Crippen LogP contribution is 2.40. The molecule has 132 valence electrons. The molecule has 2 aromatic rings. The molecule has 1 spiro atoms. The van der Waals surface area contributed by atoms with Crippen LogP contribution in [-0.2, 0) is 16.1 Å². The van der Waals surface area contributed by atoms with Gasteiger partial charge in [0.2, 0.25) is 0 Å². The average molecular weight is 343 g/mol. The Hall–Kier alpha value is -2.25. The predicted octanol–water partition coefficient (Wildman–Crippen LogP) is 1.83. The average Bonchev–Trinajstić information content (AvgIpc) is 3.20. The zero-order valence-electron chi connectivity index (χ0n) is 14.2. The lowest BCUT2D eigenvalue weighted by atomic mass is 9.81. The van der Waals surface area contributed by atoms with Crippen LogP contribution in [0.1, 0.15) is 28.2 Å². The van der Waals surface area contributed by atoms with Gasteiger partial charge in [0.1, 0.15) is 11.4 Å².